The molecule has 0 spiro atoms. The average Bonchev–Trinajstić information content (AvgIpc) is 3.35. The van der Waals surface area contributed by atoms with Crippen molar-refractivity contribution in [3.63, 3.8) is 0 Å². The Morgan fingerprint density at radius 2 is 1.84 bits per heavy atom. The molecule has 2 aromatic carbocycles. The number of nitrogens with zero attached hydrogens (tertiary/aromatic N) is 1. The molecule has 1 aliphatic heterocycles. The van der Waals surface area contributed by atoms with Crippen LogP contribution in [0.5, 0.6) is 0 Å². The van der Waals surface area contributed by atoms with Crippen LogP contribution in [0.1, 0.15) is 22.5 Å². The van der Waals surface area contributed by atoms with E-state index in [0.717, 1.165) is 0 Å². The van der Waals surface area contributed by atoms with Gasteiger partial charge in [-0.25, -0.2) is 12.8 Å². The third-order valence-electron chi connectivity index (χ3n) is 5.19. The molecular weight excluding hydrogens is 464 g/mol. The Morgan fingerprint density at radius 1 is 1.10 bits per heavy atom. The molecule has 0 N–H and O–H groups in total. The predicted molar refractivity (Wildman–Crippen MR) is 117 cm³/mol. The average molecular weight is 482 g/mol. The second kappa shape index (κ2) is 8.65. The fourth-order valence-electron chi connectivity index (χ4n) is 3.60. The molecule has 1 aromatic heterocycles. The number of halogens is 3. The molecule has 3 aromatic rings. The highest BCUT2D eigenvalue weighted by Crippen LogP contribution is 2.32. The smallest absolute Gasteiger partial charge is 0.290 e. The lowest BCUT2D eigenvalue weighted by Crippen LogP contribution is -2.40. The largest absolute Gasteiger partial charge is 0.451 e. The second-order valence-electron chi connectivity index (χ2n) is 7.40. The van der Waals surface area contributed by atoms with Crippen molar-refractivity contribution in [1.29, 1.82) is 0 Å². The number of hydrogen-bond donors (Lipinski definition) is 0. The molecule has 4 rings (SSSR count). The quantitative estimate of drug-likeness (QED) is 0.500. The number of carbonyl (C=O) groups excluding carboxylic acids is 1. The van der Waals surface area contributed by atoms with Crippen LogP contribution in [-0.4, -0.2) is 36.8 Å². The molecule has 1 saturated heterocycles. The summed E-state index contributed by atoms with van der Waals surface area (Å²) in [5.41, 5.74) is 1.23. The topological polar surface area (TPSA) is 67.6 Å². The predicted octanol–water partition coefficient (Wildman–Crippen LogP) is 5.22. The molecule has 1 amide bonds. The summed E-state index contributed by atoms with van der Waals surface area (Å²) in [4.78, 5) is 14.8. The van der Waals surface area contributed by atoms with E-state index in [1.54, 1.807) is 36.4 Å². The van der Waals surface area contributed by atoms with E-state index in [9.17, 15) is 17.6 Å². The van der Waals surface area contributed by atoms with Gasteiger partial charge in [-0.15, -0.1) is 0 Å². The van der Waals surface area contributed by atoms with Gasteiger partial charge in [-0.2, -0.15) is 0 Å². The number of hydrogen-bond acceptors (Lipinski definition) is 4. The van der Waals surface area contributed by atoms with E-state index in [1.807, 2.05) is 0 Å². The summed E-state index contributed by atoms with van der Waals surface area (Å²) in [7, 11) is -3.22. The van der Waals surface area contributed by atoms with E-state index in [0.29, 0.717) is 33.4 Å². The molecule has 5 nitrogen and oxygen atoms in total. The van der Waals surface area contributed by atoms with Crippen LogP contribution in [0.3, 0.4) is 0 Å². The first kappa shape index (κ1) is 21.9. The lowest BCUT2D eigenvalue weighted by Gasteiger charge is -2.27. The Kier molecular flexibility index (Phi) is 6.10. The third kappa shape index (κ3) is 4.95. The van der Waals surface area contributed by atoms with Gasteiger partial charge in [0.1, 0.15) is 11.6 Å². The van der Waals surface area contributed by atoms with E-state index in [2.05, 4.69) is 0 Å². The van der Waals surface area contributed by atoms with Gasteiger partial charge in [0.15, 0.2) is 15.6 Å². The monoisotopic (exact) mass is 481 g/mol. The summed E-state index contributed by atoms with van der Waals surface area (Å²) in [5, 5.41) is 0.889. The summed E-state index contributed by atoms with van der Waals surface area (Å²) in [5.74, 6) is -0.510. The maximum atomic E-state index is 13.3. The molecular formula is C22H18Cl2FNO4S. The molecule has 2 heterocycles. The molecule has 0 aliphatic carbocycles. The van der Waals surface area contributed by atoms with Crippen molar-refractivity contribution in [1.82, 2.24) is 4.90 Å². The van der Waals surface area contributed by atoms with Crippen LogP contribution in [0, 0.1) is 5.82 Å². The maximum Gasteiger partial charge on any atom is 0.290 e. The molecule has 31 heavy (non-hydrogen) atoms. The first-order valence-corrected chi connectivity index (χ1v) is 12.1. The minimum atomic E-state index is -3.22. The SMILES string of the molecule is O=C(c1ccc(-c2cc(Cl)ccc2Cl)o1)N(Cc1ccc(F)cc1)[C@@H]1CCS(=O)(=O)C1. The number of sulfone groups is 1. The Bertz CT molecular complexity index is 1220. The Hall–Kier alpha value is -2.35. The molecule has 1 fully saturated rings. The molecule has 1 atom stereocenters. The second-order valence-corrected chi connectivity index (χ2v) is 10.5. The highest BCUT2D eigenvalue weighted by Gasteiger charge is 2.36. The van der Waals surface area contributed by atoms with Gasteiger partial charge in [-0.1, -0.05) is 35.3 Å². The van der Waals surface area contributed by atoms with Crippen molar-refractivity contribution in [2.24, 2.45) is 0 Å². The van der Waals surface area contributed by atoms with Crippen molar-refractivity contribution in [3.8, 4) is 11.3 Å². The number of carbonyl (C=O) groups is 1. The molecule has 9 heteroatoms. The summed E-state index contributed by atoms with van der Waals surface area (Å²) >= 11 is 12.3. The lowest BCUT2D eigenvalue weighted by atomic mass is 10.1. The molecule has 0 bridgehead atoms. The van der Waals surface area contributed by atoms with Crippen molar-refractivity contribution >= 4 is 38.9 Å². The summed E-state index contributed by atoms with van der Waals surface area (Å²) in [6.45, 7) is 0.132. The summed E-state index contributed by atoms with van der Waals surface area (Å²) < 4.78 is 43.1. The highest BCUT2D eigenvalue weighted by molar-refractivity contribution is 7.91. The van der Waals surface area contributed by atoms with Crippen LogP contribution in [0.4, 0.5) is 4.39 Å². The van der Waals surface area contributed by atoms with Gasteiger partial charge in [0.25, 0.3) is 5.91 Å². The van der Waals surface area contributed by atoms with Gasteiger partial charge in [0.05, 0.1) is 16.5 Å². The van der Waals surface area contributed by atoms with Crippen molar-refractivity contribution in [2.45, 2.75) is 19.0 Å². The maximum absolute atomic E-state index is 13.3. The van der Waals surface area contributed by atoms with Gasteiger partial charge in [-0.05, 0) is 54.4 Å². The Morgan fingerprint density at radius 3 is 2.52 bits per heavy atom. The van der Waals surface area contributed by atoms with E-state index in [-0.39, 0.29) is 29.6 Å². The van der Waals surface area contributed by atoms with Gasteiger partial charge in [0, 0.05) is 23.2 Å². The molecule has 0 unspecified atom stereocenters. The normalized spacial score (nSPS) is 17.6. The van der Waals surface area contributed by atoms with Crippen LogP contribution in [0.15, 0.2) is 59.0 Å². The van der Waals surface area contributed by atoms with Gasteiger partial charge in [0.2, 0.25) is 0 Å². The van der Waals surface area contributed by atoms with E-state index < -0.39 is 21.8 Å². The standard InChI is InChI=1S/C22H18Cl2FNO4S/c23-15-3-6-19(24)18(11-15)20-7-8-21(30-20)22(27)26(17-9-10-31(28,29)13-17)12-14-1-4-16(25)5-2-14/h1-8,11,17H,9-10,12-13H2/t17-/m1/s1. The Labute approximate surface area is 189 Å². The fourth-order valence-corrected chi connectivity index (χ4v) is 5.71. The van der Waals surface area contributed by atoms with Gasteiger partial charge < -0.3 is 9.32 Å². The Balaban J connectivity index is 1.65. The zero-order valence-corrected chi connectivity index (χ0v) is 18.6. The van der Waals surface area contributed by atoms with Crippen LogP contribution in [0.25, 0.3) is 11.3 Å². The van der Waals surface area contributed by atoms with E-state index in [1.165, 1.54) is 23.1 Å². The molecule has 0 saturated carbocycles. The highest BCUT2D eigenvalue weighted by atomic mass is 35.5. The zero-order chi connectivity index (χ0) is 22.2. The number of benzene rings is 2. The summed E-state index contributed by atoms with van der Waals surface area (Å²) in [6.07, 6.45) is 0.336. The molecule has 1 aliphatic rings. The number of furan rings is 1. The van der Waals surface area contributed by atoms with E-state index >= 15 is 0 Å². The molecule has 162 valence electrons. The van der Waals surface area contributed by atoms with Gasteiger partial charge >= 0.3 is 0 Å². The zero-order valence-electron chi connectivity index (χ0n) is 16.2. The minimum absolute atomic E-state index is 0.0202. The van der Waals surface area contributed by atoms with Crippen LogP contribution in [-0.2, 0) is 16.4 Å². The van der Waals surface area contributed by atoms with Crippen LogP contribution < -0.4 is 0 Å². The fraction of sp³-hybridized carbons (Fsp3) is 0.227. The van der Waals surface area contributed by atoms with Crippen molar-refractivity contribution < 1.29 is 22.0 Å². The van der Waals surface area contributed by atoms with Gasteiger partial charge in [-0.3, -0.25) is 4.79 Å². The lowest BCUT2D eigenvalue weighted by molar-refractivity contribution is 0.0649. The first-order chi connectivity index (χ1) is 14.7. The van der Waals surface area contributed by atoms with Crippen LogP contribution >= 0.6 is 23.2 Å². The first-order valence-electron chi connectivity index (χ1n) is 9.53. The minimum Gasteiger partial charge on any atom is -0.451 e. The van der Waals surface area contributed by atoms with Crippen molar-refractivity contribution in [2.75, 3.05) is 11.5 Å². The van der Waals surface area contributed by atoms with E-state index in [4.69, 9.17) is 27.6 Å². The number of amides is 1. The summed E-state index contributed by atoms with van der Waals surface area (Å²) in [6, 6.07) is 13.3. The van der Waals surface area contributed by atoms with Crippen LogP contribution in [0.2, 0.25) is 10.0 Å². The number of rotatable bonds is 5. The molecule has 0 radical (unpaired) electrons. The third-order valence-corrected chi connectivity index (χ3v) is 7.50. The van der Waals surface area contributed by atoms with Crippen molar-refractivity contribution in [3.05, 3.63) is 81.8 Å².